The Balaban J connectivity index is 1.31. The molecule has 1 fully saturated rings. The first-order chi connectivity index (χ1) is 17.0. The Hall–Kier alpha value is -3.32. The number of hydrogen-bond donors (Lipinski definition) is 6. The number of rotatable bonds is 7. The summed E-state index contributed by atoms with van der Waals surface area (Å²) in [4.78, 5) is 13.1. The normalized spacial score (nSPS) is 27.3. The number of ether oxygens (including phenoxy) is 2. The van der Waals surface area contributed by atoms with Gasteiger partial charge in [-0.25, -0.2) is 4.99 Å². The highest BCUT2D eigenvalue weighted by atomic mass is 16.7. The van der Waals surface area contributed by atoms with Crippen LogP contribution >= 0.6 is 0 Å². The molecule has 0 bridgehead atoms. The van der Waals surface area contributed by atoms with Gasteiger partial charge in [0.05, 0.1) is 24.5 Å². The summed E-state index contributed by atoms with van der Waals surface area (Å²) in [5, 5.41) is 54.7. The Morgan fingerprint density at radius 1 is 0.971 bits per heavy atom. The summed E-state index contributed by atoms with van der Waals surface area (Å²) >= 11 is 0. The Morgan fingerprint density at radius 3 is 2.57 bits per heavy atom. The number of hydrogen-bond acceptors (Lipinski definition) is 10. The van der Waals surface area contributed by atoms with Gasteiger partial charge in [-0.05, 0) is 12.1 Å². The van der Waals surface area contributed by atoms with Crippen LogP contribution in [0.5, 0.6) is 5.88 Å². The summed E-state index contributed by atoms with van der Waals surface area (Å²) in [5.74, 6) is -0.0311. The van der Waals surface area contributed by atoms with Gasteiger partial charge in [-0.1, -0.05) is 41.6 Å². The molecule has 5 atom stereocenters. The molecule has 35 heavy (non-hydrogen) atoms. The lowest BCUT2D eigenvalue weighted by atomic mass is 9.99. The third-order valence-electron chi connectivity index (χ3n) is 6.00. The van der Waals surface area contributed by atoms with Gasteiger partial charge in [0.1, 0.15) is 42.4 Å². The van der Waals surface area contributed by atoms with Crippen LogP contribution in [0.2, 0.25) is 0 Å². The van der Waals surface area contributed by atoms with Crippen LogP contribution in [0.1, 0.15) is 11.1 Å². The molecule has 0 saturated carbocycles. The number of nitrogens with zero attached hydrogens (tertiary/aromatic N) is 2. The number of aromatic hydroxyl groups is 1. The zero-order valence-electron chi connectivity index (χ0n) is 18.5. The molecule has 2 aromatic carbocycles. The number of fused-ring (bicyclic) bond motifs is 2. The fourth-order valence-electron chi connectivity index (χ4n) is 4.22. The van der Waals surface area contributed by atoms with E-state index in [-0.39, 0.29) is 19.1 Å². The Labute approximate surface area is 199 Å². The molecule has 0 amide bonds. The quantitative estimate of drug-likeness (QED) is 0.209. The lowest BCUT2D eigenvalue weighted by Gasteiger charge is -2.39. The van der Waals surface area contributed by atoms with Gasteiger partial charge in [-0.2, -0.15) is 0 Å². The number of nitrogens with one attached hydrogen (secondary N) is 1. The first-order valence-electron chi connectivity index (χ1n) is 11.1. The van der Waals surface area contributed by atoms with Crippen LogP contribution in [0.4, 0.5) is 5.69 Å². The highest BCUT2D eigenvalue weighted by Crippen LogP contribution is 2.35. The summed E-state index contributed by atoms with van der Waals surface area (Å²) in [5.41, 5.74) is 3.59. The fourth-order valence-corrected chi connectivity index (χ4v) is 4.22. The molecule has 5 rings (SSSR count). The van der Waals surface area contributed by atoms with Crippen LogP contribution in [0.25, 0.3) is 10.9 Å². The van der Waals surface area contributed by atoms with Gasteiger partial charge in [0.2, 0.25) is 0 Å². The molecule has 184 valence electrons. The summed E-state index contributed by atoms with van der Waals surface area (Å²) < 4.78 is 10.7. The molecule has 1 aromatic heterocycles. The van der Waals surface area contributed by atoms with Crippen LogP contribution in [-0.4, -0.2) is 92.5 Å². The molecule has 6 N–H and O–H groups in total. The van der Waals surface area contributed by atoms with E-state index in [1.54, 1.807) is 0 Å². The minimum atomic E-state index is -1.52. The smallest absolute Gasteiger partial charge is 0.199 e. The maximum absolute atomic E-state index is 10.6. The number of aliphatic imine (C=N–C) groups is 1. The number of H-pyrrole nitrogens is 1. The number of para-hydroxylation sites is 2. The van der Waals surface area contributed by atoms with Gasteiger partial charge < -0.3 is 44.8 Å². The first-order valence-corrected chi connectivity index (χ1v) is 11.1. The van der Waals surface area contributed by atoms with Gasteiger partial charge >= 0.3 is 0 Å². The maximum Gasteiger partial charge on any atom is 0.199 e. The van der Waals surface area contributed by atoms with Crippen molar-refractivity contribution >= 4 is 28.0 Å². The molecular weight excluding hydrogens is 458 g/mol. The van der Waals surface area contributed by atoms with Crippen molar-refractivity contribution in [3.63, 3.8) is 0 Å². The zero-order valence-corrected chi connectivity index (χ0v) is 18.5. The van der Waals surface area contributed by atoms with E-state index in [1.165, 1.54) is 0 Å². The topological polar surface area (TPSA) is 169 Å². The minimum Gasteiger partial charge on any atom is -0.494 e. The van der Waals surface area contributed by atoms with E-state index in [0.29, 0.717) is 22.7 Å². The van der Waals surface area contributed by atoms with Crippen LogP contribution in [0, 0.1) is 0 Å². The van der Waals surface area contributed by atoms with Crippen molar-refractivity contribution in [2.75, 3.05) is 19.8 Å². The van der Waals surface area contributed by atoms with E-state index in [0.717, 1.165) is 16.5 Å². The number of benzene rings is 2. The summed E-state index contributed by atoms with van der Waals surface area (Å²) in [7, 11) is 0. The molecule has 11 heteroatoms. The average Bonchev–Trinajstić information content (AvgIpc) is 3.39. The van der Waals surface area contributed by atoms with Gasteiger partial charge in [-0.15, -0.1) is 0 Å². The lowest BCUT2D eigenvalue weighted by Crippen LogP contribution is -2.59. The molecule has 3 heterocycles. The maximum atomic E-state index is 10.6. The van der Waals surface area contributed by atoms with Crippen molar-refractivity contribution in [2.24, 2.45) is 10.1 Å². The van der Waals surface area contributed by atoms with Gasteiger partial charge in [-0.3, -0.25) is 0 Å². The molecule has 2 aliphatic rings. The molecule has 1 saturated heterocycles. The Morgan fingerprint density at radius 2 is 1.74 bits per heavy atom. The van der Waals surface area contributed by atoms with Gasteiger partial charge in [0.25, 0.3) is 0 Å². The third kappa shape index (κ3) is 4.29. The molecule has 3 aromatic rings. The monoisotopic (exact) mass is 483 g/mol. The number of aromatic amines is 1. The number of oxime groups is 1. The highest BCUT2D eigenvalue weighted by molar-refractivity contribution is 6.58. The van der Waals surface area contributed by atoms with Crippen molar-refractivity contribution in [3.8, 4) is 5.88 Å². The molecule has 0 spiro atoms. The second-order valence-electron chi connectivity index (χ2n) is 8.21. The van der Waals surface area contributed by atoms with Gasteiger partial charge in [0.15, 0.2) is 12.2 Å². The van der Waals surface area contributed by atoms with E-state index >= 15 is 0 Å². The summed E-state index contributed by atoms with van der Waals surface area (Å²) in [6.07, 6.45) is -6.79. The Kier molecular flexibility index (Phi) is 6.52. The van der Waals surface area contributed by atoms with Crippen LogP contribution in [0.15, 0.2) is 58.7 Å². The van der Waals surface area contributed by atoms with Crippen molar-refractivity contribution in [1.29, 1.82) is 0 Å². The molecule has 1 unspecified atom stereocenters. The SMILES string of the molecule is OC[C@H]1OC(OCCO/N=C2/C(c3c(O)[nH]c4ccccc34)=Nc3ccccc32)[C@H](O)[C@@H](O)[C@H]1O. The number of aliphatic hydroxyl groups is 4. The minimum absolute atomic E-state index is 0.0311. The summed E-state index contributed by atoms with van der Waals surface area (Å²) in [6.45, 7) is -0.642. The first kappa shape index (κ1) is 23.4. The van der Waals surface area contributed by atoms with Crippen molar-refractivity contribution in [3.05, 3.63) is 59.7 Å². The van der Waals surface area contributed by atoms with Crippen LogP contribution < -0.4 is 0 Å². The van der Waals surface area contributed by atoms with Gasteiger partial charge in [0, 0.05) is 16.5 Å². The molecule has 0 aliphatic carbocycles. The van der Waals surface area contributed by atoms with E-state index in [9.17, 15) is 25.5 Å². The van der Waals surface area contributed by atoms with E-state index in [2.05, 4.69) is 15.1 Å². The fraction of sp³-hybridized carbons (Fsp3) is 0.333. The number of aromatic nitrogens is 1. The van der Waals surface area contributed by atoms with Crippen molar-refractivity contribution in [2.45, 2.75) is 30.7 Å². The van der Waals surface area contributed by atoms with E-state index in [4.69, 9.17) is 14.3 Å². The summed E-state index contributed by atoms with van der Waals surface area (Å²) in [6, 6.07) is 14.9. The third-order valence-corrected chi connectivity index (χ3v) is 6.00. The number of aliphatic hydroxyl groups excluding tert-OH is 4. The standard InChI is InChI=1S/C24H25N3O8/c28-11-16-20(29)21(30)22(31)24(35-16)33-9-10-34-27-18-13-6-2-4-8-15(13)25-19(18)17-12-5-1-3-7-14(12)26-23(17)32/h1-8,16,20-22,24,26,28-32H,9-11H2/b27-18+/t16-,20+,21+,22-,24?/m1/s1. The Bertz CT molecular complexity index is 1270. The predicted octanol–water partition coefficient (Wildman–Crippen LogP) is 0.545. The largest absolute Gasteiger partial charge is 0.494 e. The van der Waals surface area contributed by atoms with E-state index in [1.807, 2.05) is 48.5 Å². The van der Waals surface area contributed by atoms with Crippen molar-refractivity contribution < 1.29 is 39.8 Å². The lowest BCUT2D eigenvalue weighted by molar-refractivity contribution is -0.302. The molecular formula is C24H25N3O8. The van der Waals surface area contributed by atoms with Crippen LogP contribution in [-0.2, 0) is 14.3 Å². The zero-order chi connectivity index (χ0) is 24.5. The predicted molar refractivity (Wildman–Crippen MR) is 125 cm³/mol. The second kappa shape index (κ2) is 9.74. The van der Waals surface area contributed by atoms with Crippen LogP contribution in [0.3, 0.4) is 0 Å². The molecule has 2 aliphatic heterocycles. The highest BCUT2D eigenvalue weighted by Gasteiger charge is 2.44. The second-order valence-corrected chi connectivity index (χ2v) is 8.21. The molecule has 0 radical (unpaired) electrons. The van der Waals surface area contributed by atoms with Crippen molar-refractivity contribution in [1.82, 2.24) is 4.98 Å². The van der Waals surface area contributed by atoms with E-state index < -0.39 is 37.3 Å². The molecule has 11 nitrogen and oxygen atoms in total. The average molecular weight is 483 g/mol.